The van der Waals surface area contributed by atoms with Gasteiger partial charge in [-0.2, -0.15) is 4.98 Å². The molecule has 0 radical (unpaired) electrons. The Hall–Kier alpha value is -2.51. The van der Waals surface area contributed by atoms with Crippen molar-refractivity contribution in [2.45, 2.75) is 6.92 Å². The number of halogens is 1. The van der Waals surface area contributed by atoms with Crippen LogP contribution in [0.3, 0.4) is 0 Å². The normalized spacial score (nSPS) is 10.5. The summed E-state index contributed by atoms with van der Waals surface area (Å²) in [5.41, 5.74) is 3.71. The number of aliphatic hydroxyl groups excluding tert-OH is 1. The van der Waals surface area contributed by atoms with E-state index in [1.54, 1.807) is 12.4 Å². The zero-order chi connectivity index (χ0) is 17.6. The Labute approximate surface area is 154 Å². The summed E-state index contributed by atoms with van der Waals surface area (Å²) in [4.78, 5) is 13.1. The van der Waals surface area contributed by atoms with Gasteiger partial charge in [0.25, 0.3) is 0 Å². The maximum absolute atomic E-state index is 9.03. The van der Waals surface area contributed by atoms with Crippen molar-refractivity contribution in [3.05, 3.63) is 58.8 Å². The fourth-order valence-corrected chi connectivity index (χ4v) is 2.80. The zero-order valence-electron chi connectivity index (χ0n) is 13.7. The average Bonchev–Trinajstić information content (AvgIpc) is 2.63. The molecule has 0 aliphatic rings. The Morgan fingerprint density at radius 1 is 1.16 bits per heavy atom. The van der Waals surface area contributed by atoms with E-state index in [1.807, 2.05) is 43.3 Å². The maximum atomic E-state index is 9.03. The largest absolute Gasteiger partial charge is 0.395 e. The van der Waals surface area contributed by atoms with Crippen LogP contribution in [0.5, 0.6) is 0 Å². The van der Waals surface area contributed by atoms with E-state index in [-0.39, 0.29) is 6.61 Å². The minimum Gasteiger partial charge on any atom is -0.395 e. The number of hydrogen-bond acceptors (Lipinski definition) is 6. The zero-order valence-corrected chi connectivity index (χ0v) is 15.3. The van der Waals surface area contributed by atoms with Gasteiger partial charge in [0.05, 0.1) is 12.3 Å². The van der Waals surface area contributed by atoms with E-state index < -0.39 is 0 Å². The van der Waals surface area contributed by atoms with Crippen LogP contribution in [0.15, 0.2) is 53.3 Å². The van der Waals surface area contributed by atoms with Gasteiger partial charge in [-0.05, 0) is 42.8 Å². The molecule has 3 rings (SSSR count). The summed E-state index contributed by atoms with van der Waals surface area (Å²) in [6.07, 6.45) is 3.48. The van der Waals surface area contributed by atoms with Crippen LogP contribution >= 0.6 is 15.9 Å². The predicted octanol–water partition coefficient (Wildman–Crippen LogP) is 3.76. The molecular weight excluding hydrogens is 382 g/mol. The number of aromatic nitrogens is 3. The molecule has 0 atom stereocenters. The smallest absolute Gasteiger partial charge is 0.225 e. The highest BCUT2D eigenvalue weighted by Crippen LogP contribution is 2.26. The van der Waals surface area contributed by atoms with Crippen molar-refractivity contribution in [1.29, 1.82) is 0 Å². The summed E-state index contributed by atoms with van der Waals surface area (Å²) in [6.45, 7) is 2.42. The van der Waals surface area contributed by atoms with E-state index in [0.29, 0.717) is 18.3 Å². The summed E-state index contributed by atoms with van der Waals surface area (Å²) in [6, 6.07) is 11.7. The van der Waals surface area contributed by atoms with Gasteiger partial charge < -0.3 is 15.7 Å². The van der Waals surface area contributed by atoms with Crippen LogP contribution in [0.1, 0.15) is 5.56 Å². The molecule has 2 heterocycles. The highest BCUT2D eigenvalue weighted by Gasteiger charge is 2.08. The highest BCUT2D eigenvalue weighted by molar-refractivity contribution is 9.10. The number of pyridine rings is 1. The molecule has 3 aromatic rings. The van der Waals surface area contributed by atoms with Crippen molar-refractivity contribution < 1.29 is 5.11 Å². The average molecular weight is 400 g/mol. The molecule has 0 unspecified atom stereocenters. The summed E-state index contributed by atoms with van der Waals surface area (Å²) in [7, 11) is 0. The van der Waals surface area contributed by atoms with Gasteiger partial charge in [0.15, 0.2) is 0 Å². The predicted molar refractivity (Wildman–Crippen MR) is 103 cm³/mol. The van der Waals surface area contributed by atoms with E-state index >= 15 is 0 Å². The molecule has 0 spiro atoms. The van der Waals surface area contributed by atoms with E-state index in [1.165, 1.54) is 0 Å². The first-order chi connectivity index (χ1) is 12.2. The van der Waals surface area contributed by atoms with Gasteiger partial charge in [0.2, 0.25) is 5.95 Å². The molecule has 0 fully saturated rings. The molecule has 3 N–H and O–H groups in total. The van der Waals surface area contributed by atoms with Crippen molar-refractivity contribution >= 4 is 33.4 Å². The number of nitrogens with zero attached hydrogens (tertiary/aromatic N) is 3. The molecule has 25 heavy (non-hydrogen) atoms. The fourth-order valence-electron chi connectivity index (χ4n) is 2.33. The molecule has 0 saturated carbocycles. The third-order valence-corrected chi connectivity index (χ3v) is 4.02. The number of anilines is 3. The summed E-state index contributed by atoms with van der Waals surface area (Å²) in [5.74, 6) is 1.12. The van der Waals surface area contributed by atoms with Crippen molar-refractivity contribution in [3.8, 4) is 11.3 Å². The monoisotopic (exact) mass is 399 g/mol. The lowest BCUT2D eigenvalue weighted by molar-refractivity contribution is 0.311. The molecule has 0 saturated heterocycles. The standard InChI is InChI=1S/C18H18BrN5O/c1-12-9-14(19)4-5-15(12)22-17-10-16(13-3-2-6-20-11-13)23-18(24-17)21-7-8-25/h2-6,9-11,25H,7-8H2,1H3,(H2,21,22,23,24). The number of hydrogen-bond donors (Lipinski definition) is 3. The number of aryl methyl sites for hydroxylation is 1. The van der Waals surface area contributed by atoms with Gasteiger partial charge in [-0.25, -0.2) is 4.98 Å². The molecule has 6 nitrogen and oxygen atoms in total. The van der Waals surface area contributed by atoms with Gasteiger partial charge in [-0.15, -0.1) is 0 Å². The van der Waals surface area contributed by atoms with Crippen molar-refractivity contribution in [2.24, 2.45) is 0 Å². The van der Waals surface area contributed by atoms with Crippen molar-refractivity contribution in [1.82, 2.24) is 15.0 Å². The van der Waals surface area contributed by atoms with Gasteiger partial charge in [0, 0.05) is 40.7 Å². The Morgan fingerprint density at radius 2 is 2.04 bits per heavy atom. The first-order valence-electron chi connectivity index (χ1n) is 7.83. The third kappa shape index (κ3) is 4.52. The molecule has 128 valence electrons. The molecule has 2 aromatic heterocycles. The minimum absolute atomic E-state index is 0.00899. The van der Waals surface area contributed by atoms with Gasteiger partial charge in [-0.3, -0.25) is 4.98 Å². The summed E-state index contributed by atoms with van der Waals surface area (Å²) < 4.78 is 1.03. The Morgan fingerprint density at radius 3 is 2.76 bits per heavy atom. The second-order valence-electron chi connectivity index (χ2n) is 5.44. The summed E-state index contributed by atoms with van der Waals surface area (Å²) >= 11 is 3.47. The second kappa shape index (κ2) is 8.04. The van der Waals surface area contributed by atoms with Gasteiger partial charge in [0.1, 0.15) is 5.82 Å². The lowest BCUT2D eigenvalue weighted by Crippen LogP contribution is -2.10. The van der Waals surface area contributed by atoms with Crippen LogP contribution in [0.25, 0.3) is 11.3 Å². The van der Waals surface area contributed by atoms with Crippen LogP contribution in [0, 0.1) is 6.92 Å². The molecular formula is C18H18BrN5O. The van der Waals surface area contributed by atoms with Gasteiger partial charge >= 0.3 is 0 Å². The van der Waals surface area contributed by atoms with Gasteiger partial charge in [-0.1, -0.05) is 15.9 Å². The topological polar surface area (TPSA) is 83.0 Å². The van der Waals surface area contributed by atoms with E-state index in [9.17, 15) is 0 Å². The molecule has 0 aliphatic heterocycles. The lowest BCUT2D eigenvalue weighted by Gasteiger charge is -2.12. The summed E-state index contributed by atoms with van der Waals surface area (Å²) in [5, 5.41) is 15.4. The lowest BCUT2D eigenvalue weighted by atomic mass is 10.2. The third-order valence-electron chi connectivity index (χ3n) is 3.53. The van der Waals surface area contributed by atoms with Crippen molar-refractivity contribution in [2.75, 3.05) is 23.8 Å². The van der Waals surface area contributed by atoms with E-state index in [4.69, 9.17) is 5.11 Å². The number of aliphatic hydroxyl groups is 1. The fraction of sp³-hybridized carbons (Fsp3) is 0.167. The quantitative estimate of drug-likeness (QED) is 0.585. The SMILES string of the molecule is Cc1cc(Br)ccc1Nc1cc(-c2cccnc2)nc(NCCO)n1. The Bertz CT molecular complexity index is 857. The molecule has 0 aliphatic carbocycles. The first-order valence-corrected chi connectivity index (χ1v) is 8.62. The van der Waals surface area contributed by atoms with Crippen LogP contribution < -0.4 is 10.6 Å². The number of rotatable bonds is 6. The van der Waals surface area contributed by atoms with Crippen molar-refractivity contribution in [3.63, 3.8) is 0 Å². The molecule has 0 bridgehead atoms. The number of benzene rings is 1. The molecule has 1 aromatic carbocycles. The first kappa shape index (κ1) is 17.3. The van der Waals surface area contributed by atoms with E-state index in [0.717, 1.165) is 27.0 Å². The van der Waals surface area contributed by atoms with Crippen LogP contribution in [0.2, 0.25) is 0 Å². The molecule has 7 heteroatoms. The highest BCUT2D eigenvalue weighted by atomic mass is 79.9. The van der Waals surface area contributed by atoms with Crippen LogP contribution in [0.4, 0.5) is 17.5 Å². The van der Waals surface area contributed by atoms with Crippen LogP contribution in [-0.2, 0) is 0 Å². The second-order valence-corrected chi connectivity index (χ2v) is 6.35. The number of nitrogens with one attached hydrogen (secondary N) is 2. The Balaban J connectivity index is 1.96. The Kier molecular flexibility index (Phi) is 5.57. The van der Waals surface area contributed by atoms with Crippen LogP contribution in [-0.4, -0.2) is 33.2 Å². The van der Waals surface area contributed by atoms with E-state index in [2.05, 4.69) is 41.5 Å². The minimum atomic E-state index is 0.00899. The molecule has 0 amide bonds. The maximum Gasteiger partial charge on any atom is 0.225 e.